The fraction of sp³-hybridized carbons (Fsp3) is 0.364. The van der Waals surface area contributed by atoms with E-state index in [1.165, 1.54) is 0 Å². The number of halogens is 3. The van der Waals surface area contributed by atoms with Gasteiger partial charge in [0.15, 0.2) is 11.6 Å². The molecule has 0 saturated heterocycles. The molecule has 0 bridgehead atoms. The van der Waals surface area contributed by atoms with E-state index in [1.807, 2.05) is 0 Å². The van der Waals surface area contributed by atoms with Crippen molar-refractivity contribution < 1.29 is 22.7 Å². The van der Waals surface area contributed by atoms with E-state index in [-0.39, 0.29) is 6.61 Å². The van der Waals surface area contributed by atoms with Crippen molar-refractivity contribution >= 4 is 5.97 Å². The molecule has 0 unspecified atom stereocenters. The van der Waals surface area contributed by atoms with Gasteiger partial charge in [0.25, 0.3) is 0 Å². The van der Waals surface area contributed by atoms with Crippen LogP contribution < -0.4 is 5.73 Å². The predicted octanol–water partition coefficient (Wildman–Crippen LogP) is 2.06. The highest BCUT2D eigenvalue weighted by atomic mass is 19.2. The zero-order valence-corrected chi connectivity index (χ0v) is 9.17. The van der Waals surface area contributed by atoms with Gasteiger partial charge in [-0.1, -0.05) is 0 Å². The quantitative estimate of drug-likeness (QED) is 0.654. The van der Waals surface area contributed by atoms with Crippen LogP contribution in [0.4, 0.5) is 13.2 Å². The smallest absolute Gasteiger partial charge is 0.307 e. The fourth-order valence-corrected chi connectivity index (χ4v) is 1.38. The van der Waals surface area contributed by atoms with Crippen LogP contribution in [-0.4, -0.2) is 12.6 Å². The third-order valence-corrected chi connectivity index (χ3v) is 2.14. The van der Waals surface area contributed by atoms with Gasteiger partial charge in [0.1, 0.15) is 5.82 Å². The Morgan fingerprint density at radius 1 is 1.35 bits per heavy atom. The van der Waals surface area contributed by atoms with E-state index in [9.17, 15) is 18.0 Å². The molecule has 6 heteroatoms. The Kier molecular flexibility index (Phi) is 4.51. The van der Waals surface area contributed by atoms with Gasteiger partial charge in [0.2, 0.25) is 0 Å². The van der Waals surface area contributed by atoms with Crippen LogP contribution in [0.1, 0.15) is 24.9 Å². The Hall–Kier alpha value is -1.56. The second kappa shape index (κ2) is 5.67. The number of hydrogen-bond acceptors (Lipinski definition) is 3. The molecule has 94 valence electrons. The molecule has 0 amide bonds. The number of hydrogen-bond donors (Lipinski definition) is 1. The van der Waals surface area contributed by atoms with E-state index in [0.717, 1.165) is 6.07 Å². The molecule has 0 spiro atoms. The second-order valence-corrected chi connectivity index (χ2v) is 3.37. The summed E-state index contributed by atoms with van der Waals surface area (Å²) in [4.78, 5) is 11.1. The van der Waals surface area contributed by atoms with Gasteiger partial charge >= 0.3 is 5.97 Å². The van der Waals surface area contributed by atoms with E-state index < -0.39 is 41.4 Å². The van der Waals surface area contributed by atoms with Crippen molar-refractivity contribution in [1.82, 2.24) is 0 Å². The molecular formula is C11H12F3NO2. The Bertz CT molecular complexity index is 423. The maximum Gasteiger partial charge on any atom is 0.307 e. The average Bonchev–Trinajstić information content (AvgIpc) is 2.24. The minimum Gasteiger partial charge on any atom is -0.466 e. The average molecular weight is 247 g/mol. The lowest BCUT2D eigenvalue weighted by atomic mass is 10.0. The number of esters is 1. The molecule has 0 saturated carbocycles. The van der Waals surface area contributed by atoms with Gasteiger partial charge in [-0.2, -0.15) is 0 Å². The molecule has 1 aromatic rings. The molecule has 2 N–H and O–H groups in total. The lowest BCUT2D eigenvalue weighted by molar-refractivity contribution is -0.143. The minimum atomic E-state index is -1.37. The molecule has 0 fully saturated rings. The van der Waals surface area contributed by atoms with Gasteiger partial charge in [-0.15, -0.1) is 0 Å². The highest BCUT2D eigenvalue weighted by molar-refractivity contribution is 5.70. The summed E-state index contributed by atoms with van der Waals surface area (Å²) in [6, 6.07) is 0.147. The first-order valence-electron chi connectivity index (χ1n) is 5.02. The number of nitrogens with two attached hydrogens (primary N) is 1. The molecule has 3 nitrogen and oxygen atoms in total. The number of carbonyl (C=O) groups excluding carboxylic acids is 1. The molecular weight excluding hydrogens is 235 g/mol. The maximum absolute atomic E-state index is 13.3. The second-order valence-electron chi connectivity index (χ2n) is 3.37. The van der Waals surface area contributed by atoms with Crippen LogP contribution >= 0.6 is 0 Å². The highest BCUT2D eigenvalue weighted by Crippen LogP contribution is 2.23. The van der Waals surface area contributed by atoms with Crippen LogP contribution in [0.15, 0.2) is 12.1 Å². The summed E-state index contributed by atoms with van der Waals surface area (Å²) < 4.78 is 44.1. The third kappa shape index (κ3) is 3.20. The Labute approximate surface area is 96.4 Å². The molecule has 0 aliphatic rings. The molecule has 1 aromatic carbocycles. The largest absolute Gasteiger partial charge is 0.466 e. The molecule has 0 aromatic heterocycles. The van der Waals surface area contributed by atoms with E-state index in [4.69, 9.17) is 5.73 Å². The van der Waals surface area contributed by atoms with E-state index in [1.54, 1.807) is 6.92 Å². The van der Waals surface area contributed by atoms with Crippen molar-refractivity contribution in [3.8, 4) is 0 Å². The van der Waals surface area contributed by atoms with Crippen LogP contribution in [0.25, 0.3) is 0 Å². The summed E-state index contributed by atoms with van der Waals surface area (Å²) in [6.45, 7) is 1.73. The number of benzene rings is 1. The lowest BCUT2D eigenvalue weighted by Crippen LogP contribution is -2.20. The summed E-state index contributed by atoms with van der Waals surface area (Å²) in [7, 11) is 0. The first-order chi connectivity index (χ1) is 7.97. The van der Waals surface area contributed by atoms with Gasteiger partial charge in [-0.25, -0.2) is 13.2 Å². The molecule has 0 heterocycles. The van der Waals surface area contributed by atoms with E-state index in [2.05, 4.69) is 4.74 Å². The van der Waals surface area contributed by atoms with Crippen LogP contribution in [0.2, 0.25) is 0 Å². The molecule has 0 aliphatic heterocycles. The zero-order valence-electron chi connectivity index (χ0n) is 9.17. The van der Waals surface area contributed by atoms with Crippen LogP contribution in [0.3, 0.4) is 0 Å². The van der Waals surface area contributed by atoms with Crippen molar-refractivity contribution in [2.45, 2.75) is 19.4 Å². The Balaban J connectivity index is 2.92. The van der Waals surface area contributed by atoms with Gasteiger partial charge < -0.3 is 10.5 Å². The van der Waals surface area contributed by atoms with Crippen molar-refractivity contribution in [1.29, 1.82) is 0 Å². The first-order valence-corrected chi connectivity index (χ1v) is 5.02. The Morgan fingerprint density at radius 3 is 2.53 bits per heavy atom. The van der Waals surface area contributed by atoms with Gasteiger partial charge in [-0.3, -0.25) is 4.79 Å². The highest BCUT2D eigenvalue weighted by Gasteiger charge is 2.22. The molecule has 1 atom stereocenters. The lowest BCUT2D eigenvalue weighted by Gasteiger charge is -2.13. The summed E-state index contributed by atoms with van der Waals surface area (Å²) in [5, 5.41) is 0. The summed E-state index contributed by atoms with van der Waals surface area (Å²) in [5.41, 5.74) is 4.81. The minimum absolute atomic E-state index is 0.139. The molecule has 1 rings (SSSR count). The van der Waals surface area contributed by atoms with Crippen molar-refractivity contribution in [3.63, 3.8) is 0 Å². The van der Waals surface area contributed by atoms with Crippen molar-refractivity contribution in [2.75, 3.05) is 6.61 Å². The SMILES string of the molecule is CCOC(=O)C[C@@H](N)c1c(F)ccc(F)c1F. The molecule has 0 aliphatic carbocycles. The van der Waals surface area contributed by atoms with Gasteiger partial charge in [0, 0.05) is 11.6 Å². The van der Waals surface area contributed by atoms with Crippen LogP contribution in [0, 0.1) is 17.5 Å². The standard InChI is InChI=1S/C11H12F3NO2/c1-2-17-9(16)5-8(15)10-6(12)3-4-7(13)11(10)14/h3-4,8H,2,5,15H2,1H3/t8-/m1/s1. The third-order valence-electron chi connectivity index (χ3n) is 2.14. The number of carbonyl (C=O) groups is 1. The van der Waals surface area contributed by atoms with E-state index in [0.29, 0.717) is 6.07 Å². The summed E-state index contributed by atoms with van der Waals surface area (Å²) in [5.74, 6) is -4.26. The maximum atomic E-state index is 13.3. The van der Waals surface area contributed by atoms with Gasteiger partial charge in [-0.05, 0) is 19.1 Å². The summed E-state index contributed by atoms with van der Waals surface area (Å²) in [6.07, 6.45) is -0.412. The monoisotopic (exact) mass is 247 g/mol. The zero-order chi connectivity index (χ0) is 13.0. The molecule has 0 radical (unpaired) electrons. The molecule has 17 heavy (non-hydrogen) atoms. The van der Waals surface area contributed by atoms with Crippen molar-refractivity contribution in [2.24, 2.45) is 5.73 Å². The van der Waals surface area contributed by atoms with Crippen molar-refractivity contribution in [3.05, 3.63) is 35.1 Å². The van der Waals surface area contributed by atoms with Gasteiger partial charge in [0.05, 0.1) is 13.0 Å². The van der Waals surface area contributed by atoms with Crippen LogP contribution in [-0.2, 0) is 9.53 Å². The Morgan fingerprint density at radius 2 is 1.94 bits per heavy atom. The predicted molar refractivity (Wildman–Crippen MR) is 54.5 cm³/mol. The fourth-order valence-electron chi connectivity index (χ4n) is 1.38. The number of rotatable bonds is 4. The summed E-state index contributed by atoms with van der Waals surface area (Å²) >= 11 is 0. The normalized spacial score (nSPS) is 12.3. The number of ether oxygens (including phenoxy) is 1. The van der Waals surface area contributed by atoms with Crippen LogP contribution in [0.5, 0.6) is 0 Å². The topological polar surface area (TPSA) is 52.3 Å². The van der Waals surface area contributed by atoms with E-state index >= 15 is 0 Å². The first kappa shape index (κ1) is 13.5.